The number of hydrogen-bond acceptors (Lipinski definition) is 4. The number of rotatable bonds is 7. The number of imidazole rings is 1. The Labute approximate surface area is 167 Å². The number of amides is 1. The van der Waals surface area contributed by atoms with Crippen molar-refractivity contribution in [1.29, 1.82) is 0 Å². The Morgan fingerprint density at radius 1 is 1.17 bits per heavy atom. The quantitative estimate of drug-likeness (QED) is 0.634. The second-order valence-corrected chi connectivity index (χ2v) is 8.12. The highest BCUT2D eigenvalue weighted by molar-refractivity contribution is 7.89. The van der Waals surface area contributed by atoms with E-state index in [-0.39, 0.29) is 34.9 Å². The van der Waals surface area contributed by atoms with E-state index >= 15 is 0 Å². The first kappa shape index (κ1) is 20.9. The second kappa shape index (κ2) is 8.26. The van der Waals surface area contributed by atoms with Gasteiger partial charge >= 0.3 is 6.55 Å². The van der Waals surface area contributed by atoms with Crippen LogP contribution in [-0.4, -0.2) is 42.4 Å². The van der Waals surface area contributed by atoms with E-state index in [1.165, 1.54) is 36.2 Å². The van der Waals surface area contributed by atoms with Crippen LogP contribution in [0.5, 0.6) is 0 Å². The van der Waals surface area contributed by atoms with Crippen LogP contribution >= 0.6 is 0 Å². The summed E-state index contributed by atoms with van der Waals surface area (Å²) < 4.78 is 54.2. The van der Waals surface area contributed by atoms with E-state index < -0.39 is 22.5 Å². The lowest BCUT2D eigenvalue weighted by molar-refractivity contribution is 0.0646. The number of nitrogens with zero attached hydrogens (tertiary/aromatic N) is 3. The van der Waals surface area contributed by atoms with Crippen molar-refractivity contribution in [3.8, 4) is 0 Å². The van der Waals surface area contributed by atoms with Gasteiger partial charge in [0.05, 0.1) is 22.5 Å². The smallest absolute Gasteiger partial charge is 0.320 e. The zero-order valence-electron chi connectivity index (χ0n) is 15.8. The normalized spacial score (nSPS) is 11.9. The SMILES string of the molecule is CCNS(=O)(=O)c1ccc(C(=O)N(C)Cc2nc3ccccc3n2C(F)F)cc1. The third kappa shape index (κ3) is 4.28. The molecule has 1 amide bonds. The fraction of sp³-hybridized carbons (Fsp3) is 0.263. The molecule has 10 heteroatoms. The molecule has 3 rings (SSSR count). The van der Waals surface area contributed by atoms with Crippen molar-refractivity contribution < 1.29 is 22.0 Å². The zero-order chi connectivity index (χ0) is 21.2. The molecule has 0 fully saturated rings. The van der Waals surface area contributed by atoms with Gasteiger partial charge in [-0.2, -0.15) is 8.78 Å². The van der Waals surface area contributed by atoms with Crippen molar-refractivity contribution in [2.24, 2.45) is 0 Å². The van der Waals surface area contributed by atoms with Crippen LogP contribution in [0.15, 0.2) is 53.4 Å². The molecule has 0 aliphatic heterocycles. The molecule has 0 atom stereocenters. The van der Waals surface area contributed by atoms with E-state index in [0.717, 1.165) is 4.57 Å². The topological polar surface area (TPSA) is 84.3 Å². The minimum absolute atomic E-state index is 0.0399. The summed E-state index contributed by atoms with van der Waals surface area (Å²) in [5.41, 5.74) is 0.945. The molecule has 1 heterocycles. The molecular weight excluding hydrogens is 402 g/mol. The maximum Gasteiger partial charge on any atom is 0.320 e. The molecule has 3 aromatic rings. The number of sulfonamides is 1. The van der Waals surface area contributed by atoms with Crippen molar-refractivity contribution >= 4 is 27.0 Å². The lowest BCUT2D eigenvalue weighted by Crippen LogP contribution is -2.28. The van der Waals surface area contributed by atoms with Crippen LogP contribution in [0.3, 0.4) is 0 Å². The lowest BCUT2D eigenvalue weighted by Gasteiger charge is -2.18. The number of carbonyl (C=O) groups is 1. The molecule has 0 saturated carbocycles. The van der Waals surface area contributed by atoms with E-state index in [2.05, 4.69) is 9.71 Å². The first-order valence-electron chi connectivity index (χ1n) is 8.83. The number of benzene rings is 2. The third-order valence-electron chi connectivity index (χ3n) is 4.34. The number of halogens is 2. The van der Waals surface area contributed by atoms with Gasteiger partial charge in [0.2, 0.25) is 10.0 Å². The van der Waals surface area contributed by atoms with Gasteiger partial charge in [-0.1, -0.05) is 19.1 Å². The fourth-order valence-corrected chi connectivity index (χ4v) is 4.02. The Bertz CT molecular complexity index is 1130. The molecule has 29 heavy (non-hydrogen) atoms. The molecular formula is C19H20F2N4O3S. The predicted molar refractivity (Wildman–Crippen MR) is 104 cm³/mol. The molecule has 1 N–H and O–H groups in total. The van der Waals surface area contributed by atoms with Crippen LogP contribution in [0.25, 0.3) is 11.0 Å². The molecule has 0 unspecified atom stereocenters. The Morgan fingerprint density at radius 3 is 2.45 bits per heavy atom. The van der Waals surface area contributed by atoms with Gasteiger partial charge in [-0.25, -0.2) is 18.1 Å². The van der Waals surface area contributed by atoms with Crippen LogP contribution in [-0.2, 0) is 16.6 Å². The van der Waals surface area contributed by atoms with Crippen molar-refractivity contribution in [1.82, 2.24) is 19.2 Å². The van der Waals surface area contributed by atoms with Crippen molar-refractivity contribution in [3.05, 3.63) is 59.9 Å². The van der Waals surface area contributed by atoms with Crippen molar-refractivity contribution in [2.45, 2.75) is 24.9 Å². The maximum absolute atomic E-state index is 13.5. The molecule has 154 valence electrons. The molecule has 0 saturated heterocycles. The highest BCUT2D eigenvalue weighted by atomic mass is 32.2. The summed E-state index contributed by atoms with van der Waals surface area (Å²) in [6.07, 6.45) is 0. The van der Waals surface area contributed by atoms with Gasteiger partial charge < -0.3 is 4.90 Å². The first-order valence-corrected chi connectivity index (χ1v) is 10.3. The standard InChI is InChI=1S/C19H20F2N4O3S/c1-3-22-29(27,28)14-10-8-13(9-11-14)18(26)24(2)12-17-23-15-6-4-5-7-16(15)25(17)19(20)21/h4-11,19,22H,3,12H2,1-2H3. The van der Waals surface area contributed by atoms with Crippen LogP contribution in [0.2, 0.25) is 0 Å². The van der Waals surface area contributed by atoms with E-state index in [9.17, 15) is 22.0 Å². The number of alkyl halides is 2. The van der Waals surface area contributed by atoms with Gasteiger partial charge in [-0.15, -0.1) is 0 Å². The number of carbonyl (C=O) groups excluding carboxylic acids is 1. The van der Waals surface area contributed by atoms with Gasteiger partial charge in [0, 0.05) is 19.2 Å². The monoisotopic (exact) mass is 422 g/mol. The number of fused-ring (bicyclic) bond motifs is 1. The molecule has 0 radical (unpaired) electrons. The Hall–Kier alpha value is -2.85. The van der Waals surface area contributed by atoms with Gasteiger partial charge in [0.15, 0.2) is 0 Å². The zero-order valence-corrected chi connectivity index (χ0v) is 16.7. The molecule has 1 aromatic heterocycles. The summed E-state index contributed by atoms with van der Waals surface area (Å²) >= 11 is 0. The number of aromatic nitrogens is 2. The van der Waals surface area contributed by atoms with Gasteiger partial charge in [0.25, 0.3) is 5.91 Å². The lowest BCUT2D eigenvalue weighted by atomic mass is 10.2. The fourth-order valence-electron chi connectivity index (χ4n) is 2.98. The minimum atomic E-state index is -3.62. The maximum atomic E-state index is 13.5. The third-order valence-corrected chi connectivity index (χ3v) is 5.90. The molecule has 0 aliphatic rings. The summed E-state index contributed by atoms with van der Waals surface area (Å²) in [5, 5.41) is 0. The average molecular weight is 422 g/mol. The number of para-hydroxylation sites is 2. The van der Waals surface area contributed by atoms with E-state index in [0.29, 0.717) is 5.52 Å². The first-order chi connectivity index (χ1) is 13.7. The summed E-state index contributed by atoms with van der Waals surface area (Å²) in [4.78, 5) is 18.2. The predicted octanol–water partition coefficient (Wildman–Crippen LogP) is 3.00. The van der Waals surface area contributed by atoms with Crippen molar-refractivity contribution in [3.63, 3.8) is 0 Å². The minimum Gasteiger partial charge on any atom is -0.334 e. The highest BCUT2D eigenvalue weighted by Gasteiger charge is 2.21. The Balaban J connectivity index is 1.83. The molecule has 7 nitrogen and oxygen atoms in total. The number of nitrogens with one attached hydrogen (secondary N) is 1. The summed E-state index contributed by atoms with van der Waals surface area (Å²) in [5.74, 6) is -0.381. The van der Waals surface area contributed by atoms with Crippen LogP contribution < -0.4 is 4.72 Å². The molecule has 0 bridgehead atoms. The van der Waals surface area contributed by atoms with Crippen LogP contribution in [0.1, 0.15) is 29.7 Å². The molecule has 0 aliphatic carbocycles. The van der Waals surface area contributed by atoms with Gasteiger partial charge in [-0.3, -0.25) is 9.36 Å². The average Bonchev–Trinajstić information content (AvgIpc) is 3.05. The van der Waals surface area contributed by atoms with Gasteiger partial charge in [-0.05, 0) is 36.4 Å². The van der Waals surface area contributed by atoms with E-state index in [1.54, 1.807) is 31.2 Å². The van der Waals surface area contributed by atoms with Crippen LogP contribution in [0, 0.1) is 0 Å². The molecule has 2 aromatic carbocycles. The van der Waals surface area contributed by atoms with Crippen LogP contribution in [0.4, 0.5) is 8.78 Å². The second-order valence-electron chi connectivity index (χ2n) is 6.35. The van der Waals surface area contributed by atoms with E-state index in [1.807, 2.05) is 0 Å². The van der Waals surface area contributed by atoms with Gasteiger partial charge in [0.1, 0.15) is 5.82 Å². The van der Waals surface area contributed by atoms with Crippen molar-refractivity contribution in [2.75, 3.05) is 13.6 Å². The molecule has 0 spiro atoms. The summed E-state index contributed by atoms with van der Waals surface area (Å²) in [6, 6.07) is 11.9. The Morgan fingerprint density at radius 2 is 1.83 bits per heavy atom. The Kier molecular flexibility index (Phi) is 5.94. The van der Waals surface area contributed by atoms with E-state index in [4.69, 9.17) is 0 Å². The largest absolute Gasteiger partial charge is 0.334 e. The highest BCUT2D eigenvalue weighted by Crippen LogP contribution is 2.24. The number of hydrogen-bond donors (Lipinski definition) is 1. The summed E-state index contributed by atoms with van der Waals surface area (Å²) in [6.45, 7) is -1.01. The summed E-state index contributed by atoms with van der Waals surface area (Å²) in [7, 11) is -2.15.